The van der Waals surface area contributed by atoms with Crippen LogP contribution in [-0.4, -0.2) is 54.5 Å². The fourth-order valence-corrected chi connectivity index (χ4v) is 4.99. The molecule has 2 fully saturated rings. The van der Waals surface area contributed by atoms with Gasteiger partial charge in [0.2, 0.25) is 21.8 Å². The molecule has 0 unspecified atom stereocenters. The minimum absolute atomic E-state index is 0.316. The molecule has 0 radical (unpaired) electrons. The van der Waals surface area contributed by atoms with E-state index in [1.807, 2.05) is 0 Å². The average molecular weight is 372 g/mol. The number of aryl methyl sites for hydroxylation is 1. The van der Waals surface area contributed by atoms with Gasteiger partial charge in [-0.1, -0.05) is 0 Å². The Bertz CT molecular complexity index is 653. The van der Waals surface area contributed by atoms with Gasteiger partial charge in [0.05, 0.1) is 5.25 Å². The highest BCUT2D eigenvalue weighted by molar-refractivity contribution is 7.89. The molecule has 0 N–H and O–H groups in total. The first kappa shape index (κ1) is 18.8. The number of hydrogen-bond acceptors (Lipinski definition) is 6. The second-order valence-corrected chi connectivity index (χ2v) is 9.91. The monoisotopic (exact) mass is 371 g/mol. The third-order valence-corrected chi connectivity index (χ3v) is 7.50. The molecule has 2 aliphatic rings. The van der Waals surface area contributed by atoms with E-state index in [2.05, 4.69) is 10.2 Å². The van der Waals surface area contributed by atoms with Gasteiger partial charge in [-0.05, 0) is 51.9 Å². The number of sulfonamides is 1. The number of nitrogens with zero attached hydrogens (tertiary/aromatic N) is 3. The molecular weight excluding hydrogens is 342 g/mol. The smallest absolute Gasteiger partial charge is 0.219 e. The Labute approximate surface area is 150 Å². The zero-order chi connectivity index (χ0) is 17.9. The zero-order valence-electron chi connectivity index (χ0n) is 15.2. The number of aromatic nitrogens is 2. The predicted octanol–water partition coefficient (Wildman–Crippen LogP) is 2.35. The maximum absolute atomic E-state index is 12.4. The van der Waals surface area contributed by atoms with Crippen molar-refractivity contribution in [2.24, 2.45) is 5.92 Å². The molecular formula is C17H29N3O4S. The van der Waals surface area contributed by atoms with Crippen LogP contribution in [0.4, 0.5) is 0 Å². The summed E-state index contributed by atoms with van der Waals surface area (Å²) >= 11 is 0. The van der Waals surface area contributed by atoms with Gasteiger partial charge in [-0.2, -0.15) is 0 Å². The molecule has 0 aliphatic carbocycles. The van der Waals surface area contributed by atoms with Crippen LogP contribution in [0.15, 0.2) is 4.42 Å². The lowest BCUT2D eigenvalue weighted by atomic mass is 9.95. The summed E-state index contributed by atoms with van der Waals surface area (Å²) in [5.41, 5.74) is 0. The van der Waals surface area contributed by atoms with Crippen LogP contribution < -0.4 is 0 Å². The summed E-state index contributed by atoms with van der Waals surface area (Å²) in [4.78, 5) is 0. The van der Waals surface area contributed by atoms with Crippen molar-refractivity contribution in [2.75, 3.05) is 26.3 Å². The molecule has 0 spiro atoms. The van der Waals surface area contributed by atoms with Crippen molar-refractivity contribution in [3.8, 4) is 0 Å². The Balaban J connectivity index is 1.52. The van der Waals surface area contributed by atoms with Gasteiger partial charge in [0.15, 0.2) is 0 Å². The normalized spacial score (nSPS) is 24.0. The number of rotatable bonds is 6. The zero-order valence-corrected chi connectivity index (χ0v) is 16.0. The molecule has 142 valence electrons. The van der Waals surface area contributed by atoms with Gasteiger partial charge in [-0.15, -0.1) is 10.2 Å². The third-order valence-electron chi connectivity index (χ3n) is 5.26. The SMILES string of the molecule is CC(C)S(=O)(=O)N1CCC[C@H](CCc2nnc(C3CCOCC3)o2)C1. The first-order valence-corrected chi connectivity index (χ1v) is 10.9. The molecule has 3 rings (SSSR count). The van der Waals surface area contributed by atoms with E-state index in [-0.39, 0.29) is 5.25 Å². The first-order chi connectivity index (χ1) is 12.0. The van der Waals surface area contributed by atoms with E-state index >= 15 is 0 Å². The molecule has 7 nitrogen and oxygen atoms in total. The summed E-state index contributed by atoms with van der Waals surface area (Å²) in [7, 11) is -3.16. The van der Waals surface area contributed by atoms with Gasteiger partial charge >= 0.3 is 0 Å². The summed E-state index contributed by atoms with van der Waals surface area (Å²) < 4.78 is 37.6. The lowest BCUT2D eigenvalue weighted by Gasteiger charge is -2.33. The number of piperidine rings is 1. The second kappa shape index (κ2) is 8.14. The predicted molar refractivity (Wildman–Crippen MR) is 93.8 cm³/mol. The van der Waals surface area contributed by atoms with E-state index in [1.165, 1.54) is 0 Å². The summed E-state index contributed by atoms with van der Waals surface area (Å²) in [5.74, 6) is 2.08. The van der Waals surface area contributed by atoms with Crippen LogP contribution in [0.1, 0.15) is 63.7 Å². The maximum atomic E-state index is 12.4. The van der Waals surface area contributed by atoms with Gasteiger partial charge in [0, 0.05) is 38.6 Å². The molecule has 0 amide bonds. The Morgan fingerprint density at radius 3 is 2.68 bits per heavy atom. The molecule has 2 saturated heterocycles. The Hall–Kier alpha value is -0.990. The average Bonchev–Trinajstić information content (AvgIpc) is 3.10. The van der Waals surface area contributed by atoms with E-state index < -0.39 is 10.0 Å². The lowest BCUT2D eigenvalue weighted by Crippen LogP contribution is -2.43. The minimum Gasteiger partial charge on any atom is -0.425 e. The molecule has 0 saturated carbocycles. The van der Waals surface area contributed by atoms with Crippen molar-refractivity contribution in [3.05, 3.63) is 11.8 Å². The molecule has 1 atom stereocenters. The molecule has 1 aromatic heterocycles. The third kappa shape index (κ3) is 4.60. The molecule has 0 aromatic carbocycles. The molecule has 1 aromatic rings. The van der Waals surface area contributed by atoms with Crippen molar-refractivity contribution < 1.29 is 17.6 Å². The summed E-state index contributed by atoms with van der Waals surface area (Å²) in [6, 6.07) is 0. The molecule has 2 aliphatic heterocycles. The van der Waals surface area contributed by atoms with Crippen LogP contribution in [0.25, 0.3) is 0 Å². The summed E-state index contributed by atoms with van der Waals surface area (Å²) in [6.45, 7) is 6.26. The molecule has 3 heterocycles. The highest BCUT2D eigenvalue weighted by atomic mass is 32.2. The maximum Gasteiger partial charge on any atom is 0.219 e. The van der Waals surface area contributed by atoms with Crippen molar-refractivity contribution in [1.29, 1.82) is 0 Å². The standard InChI is InChI=1S/C17H29N3O4S/c1-13(2)25(21,22)20-9-3-4-14(12-20)5-6-16-18-19-17(24-16)15-7-10-23-11-8-15/h13-15H,3-12H2,1-2H3/t14-/m1/s1. The van der Waals surface area contributed by atoms with Crippen LogP contribution >= 0.6 is 0 Å². The molecule has 0 bridgehead atoms. The highest BCUT2D eigenvalue weighted by Crippen LogP contribution is 2.27. The van der Waals surface area contributed by atoms with Gasteiger partial charge in [0.25, 0.3) is 0 Å². The fourth-order valence-electron chi connectivity index (χ4n) is 3.60. The van der Waals surface area contributed by atoms with Crippen LogP contribution in [0.3, 0.4) is 0 Å². The summed E-state index contributed by atoms with van der Waals surface area (Å²) in [6.07, 6.45) is 5.47. The van der Waals surface area contributed by atoms with Gasteiger partial charge < -0.3 is 9.15 Å². The minimum atomic E-state index is -3.16. The van der Waals surface area contributed by atoms with E-state index in [9.17, 15) is 8.42 Å². The quantitative estimate of drug-likeness (QED) is 0.763. The number of hydrogen-bond donors (Lipinski definition) is 0. The second-order valence-electron chi connectivity index (χ2n) is 7.42. The van der Waals surface area contributed by atoms with Crippen LogP contribution in [0.2, 0.25) is 0 Å². The molecule has 25 heavy (non-hydrogen) atoms. The van der Waals surface area contributed by atoms with Gasteiger partial charge in [-0.3, -0.25) is 0 Å². The van der Waals surface area contributed by atoms with Crippen LogP contribution in [0, 0.1) is 5.92 Å². The van der Waals surface area contributed by atoms with E-state index in [0.717, 1.165) is 57.6 Å². The Morgan fingerprint density at radius 1 is 1.20 bits per heavy atom. The van der Waals surface area contributed by atoms with Crippen molar-refractivity contribution >= 4 is 10.0 Å². The van der Waals surface area contributed by atoms with E-state index in [4.69, 9.17) is 9.15 Å². The molecule has 8 heteroatoms. The first-order valence-electron chi connectivity index (χ1n) is 9.36. The Morgan fingerprint density at radius 2 is 1.96 bits per heavy atom. The Kier molecular flexibility index (Phi) is 6.12. The van der Waals surface area contributed by atoms with Crippen molar-refractivity contribution in [3.63, 3.8) is 0 Å². The van der Waals surface area contributed by atoms with E-state index in [0.29, 0.717) is 30.8 Å². The van der Waals surface area contributed by atoms with Crippen molar-refractivity contribution in [1.82, 2.24) is 14.5 Å². The van der Waals surface area contributed by atoms with Crippen molar-refractivity contribution in [2.45, 2.75) is 63.5 Å². The van der Waals surface area contributed by atoms with Gasteiger partial charge in [-0.25, -0.2) is 12.7 Å². The van der Waals surface area contributed by atoms with E-state index in [1.54, 1.807) is 18.2 Å². The lowest BCUT2D eigenvalue weighted by molar-refractivity contribution is 0.0791. The number of ether oxygens (including phenoxy) is 1. The largest absolute Gasteiger partial charge is 0.425 e. The van der Waals surface area contributed by atoms with Crippen LogP contribution in [-0.2, 0) is 21.2 Å². The van der Waals surface area contributed by atoms with Crippen LogP contribution in [0.5, 0.6) is 0 Å². The highest BCUT2D eigenvalue weighted by Gasteiger charge is 2.31. The summed E-state index contributed by atoms with van der Waals surface area (Å²) in [5, 5.41) is 8.03. The fraction of sp³-hybridized carbons (Fsp3) is 0.882. The van der Waals surface area contributed by atoms with Gasteiger partial charge in [0.1, 0.15) is 0 Å². The topological polar surface area (TPSA) is 85.5 Å².